The quantitative estimate of drug-likeness (QED) is 0.707. The Labute approximate surface area is 150 Å². The van der Waals surface area contributed by atoms with Crippen molar-refractivity contribution in [2.75, 3.05) is 32.6 Å². The van der Waals surface area contributed by atoms with Gasteiger partial charge in [0.2, 0.25) is 5.91 Å². The average Bonchev–Trinajstić information content (AvgIpc) is 2.61. The van der Waals surface area contributed by atoms with E-state index in [1.165, 1.54) is 10.5 Å². The van der Waals surface area contributed by atoms with Crippen molar-refractivity contribution in [3.63, 3.8) is 0 Å². The standard InChI is InChI=1S/C19H30N2O2S/c1-5-18(20-9-11-23-12-10-20)19(22)21(15(2)3)14-16-7-6-8-17(13-16)24-4/h6-8,13,15,18H,5,9-12,14H2,1-4H3. The van der Waals surface area contributed by atoms with Gasteiger partial charge in [0.25, 0.3) is 0 Å². The third kappa shape index (κ3) is 4.98. The third-order valence-electron chi connectivity index (χ3n) is 4.55. The van der Waals surface area contributed by atoms with Gasteiger partial charge in [-0.25, -0.2) is 0 Å². The second kappa shape index (κ2) is 9.44. The van der Waals surface area contributed by atoms with Gasteiger partial charge < -0.3 is 9.64 Å². The highest BCUT2D eigenvalue weighted by atomic mass is 32.2. The molecule has 1 atom stereocenters. The fourth-order valence-electron chi connectivity index (χ4n) is 3.15. The molecule has 24 heavy (non-hydrogen) atoms. The van der Waals surface area contributed by atoms with Crippen molar-refractivity contribution in [2.45, 2.75) is 50.7 Å². The van der Waals surface area contributed by atoms with Crippen LogP contribution >= 0.6 is 11.8 Å². The molecule has 0 radical (unpaired) electrons. The predicted molar refractivity (Wildman–Crippen MR) is 100 cm³/mol. The molecule has 1 fully saturated rings. The Balaban J connectivity index is 2.13. The highest BCUT2D eigenvalue weighted by Crippen LogP contribution is 2.20. The van der Waals surface area contributed by atoms with Gasteiger partial charge >= 0.3 is 0 Å². The summed E-state index contributed by atoms with van der Waals surface area (Å²) in [6.07, 6.45) is 2.92. The van der Waals surface area contributed by atoms with E-state index < -0.39 is 0 Å². The Morgan fingerprint density at radius 1 is 1.33 bits per heavy atom. The van der Waals surface area contributed by atoms with Crippen molar-refractivity contribution in [3.8, 4) is 0 Å². The first-order valence-electron chi connectivity index (χ1n) is 8.82. The largest absolute Gasteiger partial charge is 0.379 e. The molecule has 0 spiro atoms. The molecule has 1 amide bonds. The molecular formula is C19H30N2O2S. The molecule has 0 N–H and O–H groups in total. The van der Waals surface area contributed by atoms with Crippen molar-refractivity contribution in [1.29, 1.82) is 0 Å². The number of carbonyl (C=O) groups excluding carboxylic acids is 1. The molecule has 1 heterocycles. The maximum Gasteiger partial charge on any atom is 0.240 e. The molecule has 1 saturated heterocycles. The lowest BCUT2D eigenvalue weighted by molar-refractivity contribution is -0.141. The van der Waals surface area contributed by atoms with Gasteiger partial charge in [-0.2, -0.15) is 0 Å². The summed E-state index contributed by atoms with van der Waals surface area (Å²) >= 11 is 1.73. The van der Waals surface area contributed by atoms with E-state index in [0.29, 0.717) is 6.54 Å². The smallest absolute Gasteiger partial charge is 0.240 e. The molecule has 1 aliphatic heterocycles. The van der Waals surface area contributed by atoms with Crippen LogP contribution in [-0.4, -0.2) is 60.3 Å². The number of ether oxygens (including phenoxy) is 1. The van der Waals surface area contributed by atoms with E-state index in [-0.39, 0.29) is 18.0 Å². The van der Waals surface area contributed by atoms with Crippen LogP contribution in [0.4, 0.5) is 0 Å². The minimum absolute atomic E-state index is 0.0416. The second-order valence-corrected chi connectivity index (χ2v) is 7.36. The van der Waals surface area contributed by atoms with Crippen LogP contribution < -0.4 is 0 Å². The van der Waals surface area contributed by atoms with Crippen LogP contribution in [-0.2, 0) is 16.1 Å². The van der Waals surface area contributed by atoms with Crippen LogP contribution in [0.25, 0.3) is 0 Å². The van der Waals surface area contributed by atoms with Crippen molar-refractivity contribution in [2.24, 2.45) is 0 Å². The number of nitrogens with zero attached hydrogens (tertiary/aromatic N) is 2. The van der Waals surface area contributed by atoms with Crippen LogP contribution in [0.2, 0.25) is 0 Å². The maximum atomic E-state index is 13.2. The summed E-state index contributed by atoms with van der Waals surface area (Å²) < 4.78 is 5.43. The highest BCUT2D eigenvalue weighted by Gasteiger charge is 2.30. The normalized spacial score (nSPS) is 17.0. The van der Waals surface area contributed by atoms with Crippen LogP contribution in [0.1, 0.15) is 32.8 Å². The van der Waals surface area contributed by atoms with Crippen LogP contribution in [0, 0.1) is 0 Å². The third-order valence-corrected chi connectivity index (χ3v) is 5.28. The number of rotatable bonds is 7. The molecule has 1 unspecified atom stereocenters. The van der Waals surface area contributed by atoms with E-state index in [2.05, 4.69) is 56.2 Å². The number of hydrogen-bond acceptors (Lipinski definition) is 4. The van der Waals surface area contributed by atoms with Gasteiger partial charge in [-0.15, -0.1) is 11.8 Å². The Hall–Kier alpha value is -1.04. The summed E-state index contributed by atoms with van der Waals surface area (Å²) in [5.74, 6) is 0.240. The molecule has 1 aliphatic rings. The Morgan fingerprint density at radius 3 is 2.62 bits per heavy atom. The first-order chi connectivity index (χ1) is 11.6. The van der Waals surface area contributed by atoms with E-state index in [0.717, 1.165) is 32.7 Å². The highest BCUT2D eigenvalue weighted by molar-refractivity contribution is 7.98. The van der Waals surface area contributed by atoms with Gasteiger partial charge in [-0.1, -0.05) is 19.1 Å². The molecule has 0 aliphatic carbocycles. The van der Waals surface area contributed by atoms with Crippen molar-refractivity contribution in [3.05, 3.63) is 29.8 Å². The molecule has 0 aromatic heterocycles. The molecule has 2 rings (SSSR count). The average molecular weight is 351 g/mol. The molecular weight excluding hydrogens is 320 g/mol. The van der Waals surface area contributed by atoms with Gasteiger partial charge in [0, 0.05) is 30.6 Å². The SMILES string of the molecule is CCC(C(=O)N(Cc1cccc(SC)c1)C(C)C)N1CCOCC1. The maximum absolute atomic E-state index is 13.2. The molecule has 0 saturated carbocycles. The van der Waals surface area contributed by atoms with E-state index in [4.69, 9.17) is 4.74 Å². The lowest BCUT2D eigenvalue weighted by Crippen LogP contribution is -2.53. The fourth-order valence-corrected chi connectivity index (χ4v) is 3.64. The fraction of sp³-hybridized carbons (Fsp3) is 0.632. The van der Waals surface area contributed by atoms with Gasteiger partial charge in [0.05, 0.1) is 19.3 Å². The number of morpholine rings is 1. The number of benzene rings is 1. The Morgan fingerprint density at radius 2 is 2.04 bits per heavy atom. The first kappa shape index (κ1) is 19.3. The summed E-state index contributed by atoms with van der Waals surface area (Å²) in [5.41, 5.74) is 1.20. The Bertz CT molecular complexity index is 530. The summed E-state index contributed by atoms with van der Waals surface area (Å²) in [4.78, 5) is 18.7. The first-order valence-corrected chi connectivity index (χ1v) is 10.0. The molecule has 1 aromatic rings. The Kier molecular flexibility index (Phi) is 7.59. The van der Waals surface area contributed by atoms with E-state index in [9.17, 15) is 4.79 Å². The summed E-state index contributed by atoms with van der Waals surface area (Å²) in [6.45, 7) is 10.1. The lowest BCUT2D eigenvalue weighted by Gasteiger charge is -2.37. The summed E-state index contributed by atoms with van der Waals surface area (Å²) in [5, 5.41) is 0. The number of amides is 1. The zero-order valence-electron chi connectivity index (χ0n) is 15.3. The molecule has 4 nitrogen and oxygen atoms in total. The molecule has 0 bridgehead atoms. The van der Waals surface area contributed by atoms with Crippen LogP contribution in [0.5, 0.6) is 0 Å². The summed E-state index contributed by atoms with van der Waals surface area (Å²) in [6, 6.07) is 8.62. The van der Waals surface area contributed by atoms with Gasteiger partial charge in [-0.3, -0.25) is 9.69 Å². The van der Waals surface area contributed by atoms with Crippen molar-refractivity contribution in [1.82, 2.24) is 9.80 Å². The van der Waals surface area contributed by atoms with Crippen molar-refractivity contribution >= 4 is 17.7 Å². The van der Waals surface area contributed by atoms with Gasteiger partial charge in [-0.05, 0) is 44.2 Å². The number of hydrogen-bond donors (Lipinski definition) is 0. The van der Waals surface area contributed by atoms with Gasteiger partial charge in [0.1, 0.15) is 0 Å². The van der Waals surface area contributed by atoms with Crippen LogP contribution in [0.3, 0.4) is 0 Å². The topological polar surface area (TPSA) is 32.8 Å². The minimum Gasteiger partial charge on any atom is -0.379 e. The minimum atomic E-state index is -0.0416. The molecule has 134 valence electrons. The van der Waals surface area contributed by atoms with E-state index in [1.54, 1.807) is 11.8 Å². The number of thioether (sulfide) groups is 1. The van der Waals surface area contributed by atoms with Crippen LogP contribution in [0.15, 0.2) is 29.2 Å². The predicted octanol–water partition coefficient (Wildman–Crippen LogP) is 3.26. The molecule has 1 aromatic carbocycles. The second-order valence-electron chi connectivity index (χ2n) is 6.48. The zero-order valence-corrected chi connectivity index (χ0v) is 16.1. The molecule has 5 heteroatoms. The van der Waals surface area contributed by atoms with E-state index in [1.807, 2.05) is 4.90 Å². The monoisotopic (exact) mass is 350 g/mol. The number of carbonyl (C=O) groups is 1. The van der Waals surface area contributed by atoms with Crippen molar-refractivity contribution < 1.29 is 9.53 Å². The van der Waals surface area contributed by atoms with E-state index >= 15 is 0 Å². The summed E-state index contributed by atoms with van der Waals surface area (Å²) in [7, 11) is 0. The van der Waals surface area contributed by atoms with Gasteiger partial charge in [0.15, 0.2) is 0 Å². The lowest BCUT2D eigenvalue weighted by atomic mass is 10.1. The zero-order chi connectivity index (χ0) is 17.5.